The van der Waals surface area contributed by atoms with Crippen LogP contribution in [-0.2, 0) is 22.7 Å². The van der Waals surface area contributed by atoms with Crippen LogP contribution < -0.4 is 0 Å². The third-order valence-electron chi connectivity index (χ3n) is 3.23. The lowest BCUT2D eigenvalue weighted by Crippen LogP contribution is -2.17. The molecule has 2 rings (SSSR count). The Morgan fingerprint density at radius 2 is 2.22 bits per heavy atom. The van der Waals surface area contributed by atoms with Crippen LogP contribution in [0.15, 0.2) is 23.1 Å². The highest BCUT2D eigenvalue weighted by Gasteiger charge is 2.23. The van der Waals surface area contributed by atoms with Crippen LogP contribution in [0, 0.1) is 11.5 Å². The van der Waals surface area contributed by atoms with Gasteiger partial charge in [-0.1, -0.05) is 12.1 Å². The molecule has 1 aliphatic rings. The first-order valence-corrected chi connectivity index (χ1v) is 7.63. The van der Waals surface area contributed by atoms with Crippen LogP contribution in [0.5, 0.6) is 0 Å². The van der Waals surface area contributed by atoms with Gasteiger partial charge in [0.05, 0.1) is 10.6 Å². The summed E-state index contributed by atoms with van der Waals surface area (Å²) in [6, 6.07) is 5.54. The summed E-state index contributed by atoms with van der Waals surface area (Å²) in [6.07, 6.45) is 4.34. The van der Waals surface area contributed by atoms with Crippen molar-refractivity contribution in [2.45, 2.75) is 24.2 Å². The average Bonchev–Trinajstić information content (AvgIpc) is 2.35. The van der Waals surface area contributed by atoms with Crippen molar-refractivity contribution < 1.29 is 8.42 Å². The summed E-state index contributed by atoms with van der Waals surface area (Å²) in [5.74, 6) is 0.260. The van der Waals surface area contributed by atoms with E-state index in [0.717, 1.165) is 24.0 Å². The molecule has 0 saturated carbocycles. The van der Waals surface area contributed by atoms with Gasteiger partial charge < -0.3 is 4.90 Å². The molecule has 0 atom stereocenters. The summed E-state index contributed by atoms with van der Waals surface area (Å²) in [5.41, 5.74) is 2.02. The molecule has 1 aromatic carbocycles. The molecule has 1 aliphatic heterocycles. The van der Waals surface area contributed by atoms with Crippen molar-refractivity contribution in [3.63, 3.8) is 0 Å². The molecule has 18 heavy (non-hydrogen) atoms. The Morgan fingerprint density at radius 1 is 1.44 bits per heavy atom. The smallest absolute Gasteiger partial charge is 0.179 e. The molecule has 0 unspecified atom stereocenters. The van der Waals surface area contributed by atoms with Gasteiger partial charge in [-0.3, -0.25) is 0 Å². The van der Waals surface area contributed by atoms with E-state index < -0.39 is 9.84 Å². The lowest BCUT2D eigenvalue weighted by molar-refractivity contribution is 0.478. The second-order valence-electron chi connectivity index (χ2n) is 4.64. The van der Waals surface area contributed by atoms with Crippen LogP contribution in [0.2, 0.25) is 0 Å². The van der Waals surface area contributed by atoms with Crippen molar-refractivity contribution >= 4 is 9.84 Å². The average molecular weight is 264 g/mol. The fourth-order valence-corrected chi connectivity index (χ4v) is 3.78. The van der Waals surface area contributed by atoms with E-state index >= 15 is 0 Å². The maximum absolute atomic E-state index is 11.8. The lowest BCUT2D eigenvalue weighted by atomic mass is 10.0. The number of fused-ring (bicyclic) bond motifs is 1. The van der Waals surface area contributed by atoms with Gasteiger partial charge in [0.15, 0.2) is 16.0 Å². The van der Waals surface area contributed by atoms with Gasteiger partial charge in [0.25, 0.3) is 0 Å². The highest BCUT2D eigenvalue weighted by Crippen LogP contribution is 2.25. The van der Waals surface area contributed by atoms with Crippen LogP contribution in [0.1, 0.15) is 17.5 Å². The number of rotatable bonds is 3. The molecule has 1 heterocycles. The molecule has 0 amide bonds. The highest BCUT2D eigenvalue weighted by molar-refractivity contribution is 7.91. The standard InChI is InChI=1S/C13H16N2O2S/c1-15(10-14)7-6-11-4-5-13-12(9-11)3-2-8-18(13,16)17/h4-5,9H,2-3,6-8H2,1H3. The predicted octanol–water partition coefficient (Wildman–Crippen LogP) is 1.36. The van der Waals surface area contributed by atoms with Crippen LogP contribution in [-0.4, -0.2) is 32.7 Å². The van der Waals surface area contributed by atoms with Gasteiger partial charge in [-0.25, -0.2) is 8.42 Å². The van der Waals surface area contributed by atoms with Crippen molar-refractivity contribution in [2.75, 3.05) is 19.3 Å². The number of nitriles is 1. The SMILES string of the molecule is CN(C#N)CCc1ccc2c(c1)CCCS2(=O)=O. The molecule has 0 radical (unpaired) electrons. The van der Waals surface area contributed by atoms with E-state index in [1.54, 1.807) is 18.0 Å². The van der Waals surface area contributed by atoms with E-state index in [4.69, 9.17) is 5.26 Å². The molecule has 0 bridgehead atoms. The van der Waals surface area contributed by atoms with Crippen molar-refractivity contribution in [2.24, 2.45) is 0 Å². The molecule has 0 spiro atoms. The molecule has 5 heteroatoms. The van der Waals surface area contributed by atoms with Crippen molar-refractivity contribution in [1.29, 1.82) is 5.26 Å². The van der Waals surface area contributed by atoms with Crippen molar-refractivity contribution in [3.8, 4) is 6.19 Å². The monoisotopic (exact) mass is 264 g/mol. The van der Waals surface area contributed by atoms with Crippen LogP contribution in [0.4, 0.5) is 0 Å². The van der Waals surface area contributed by atoms with Crippen LogP contribution >= 0.6 is 0 Å². The zero-order chi connectivity index (χ0) is 13.2. The lowest BCUT2D eigenvalue weighted by Gasteiger charge is -2.17. The van der Waals surface area contributed by atoms with E-state index in [1.165, 1.54) is 0 Å². The molecule has 0 N–H and O–H groups in total. The third kappa shape index (κ3) is 2.65. The minimum Gasteiger partial charge on any atom is -0.313 e. The second kappa shape index (κ2) is 4.99. The maximum atomic E-state index is 11.8. The van der Waals surface area contributed by atoms with Gasteiger partial charge in [-0.2, -0.15) is 5.26 Å². The maximum Gasteiger partial charge on any atom is 0.179 e. The first-order chi connectivity index (χ1) is 8.53. The van der Waals surface area contributed by atoms with E-state index in [0.29, 0.717) is 17.9 Å². The normalized spacial score (nSPS) is 16.7. The van der Waals surface area contributed by atoms with Gasteiger partial charge in [0.2, 0.25) is 0 Å². The topological polar surface area (TPSA) is 61.2 Å². The minimum atomic E-state index is -3.06. The van der Waals surface area contributed by atoms with Crippen LogP contribution in [0.25, 0.3) is 0 Å². The van der Waals surface area contributed by atoms with Crippen molar-refractivity contribution in [3.05, 3.63) is 29.3 Å². The Labute approximate surface area is 108 Å². The molecule has 0 fully saturated rings. The number of nitrogens with zero attached hydrogens (tertiary/aromatic N) is 2. The first kappa shape index (κ1) is 12.9. The van der Waals surface area contributed by atoms with Crippen LogP contribution in [0.3, 0.4) is 0 Å². The summed E-state index contributed by atoms with van der Waals surface area (Å²) in [5, 5.41) is 8.67. The number of aryl methyl sites for hydroxylation is 1. The van der Waals surface area contributed by atoms with Gasteiger partial charge in [0.1, 0.15) is 0 Å². The molecular formula is C13H16N2O2S. The van der Waals surface area contributed by atoms with Gasteiger partial charge >= 0.3 is 0 Å². The van der Waals surface area contributed by atoms with Gasteiger partial charge in [0, 0.05) is 13.6 Å². The van der Waals surface area contributed by atoms with E-state index in [-0.39, 0.29) is 5.75 Å². The fourth-order valence-electron chi connectivity index (χ4n) is 2.20. The Bertz CT molecular complexity index is 587. The summed E-state index contributed by atoms with van der Waals surface area (Å²) in [4.78, 5) is 2.06. The third-order valence-corrected chi connectivity index (χ3v) is 5.12. The summed E-state index contributed by atoms with van der Waals surface area (Å²) >= 11 is 0. The number of hydrogen-bond acceptors (Lipinski definition) is 4. The molecule has 0 saturated heterocycles. The van der Waals surface area contributed by atoms with Gasteiger partial charge in [-0.05, 0) is 36.5 Å². The predicted molar refractivity (Wildman–Crippen MR) is 68.8 cm³/mol. The molecular weight excluding hydrogens is 248 g/mol. The number of benzene rings is 1. The molecule has 0 aliphatic carbocycles. The van der Waals surface area contributed by atoms with Crippen molar-refractivity contribution in [1.82, 2.24) is 4.90 Å². The zero-order valence-electron chi connectivity index (χ0n) is 10.4. The van der Waals surface area contributed by atoms with E-state index in [2.05, 4.69) is 0 Å². The Kier molecular flexibility index (Phi) is 3.58. The number of sulfone groups is 1. The Hall–Kier alpha value is -1.54. The summed E-state index contributed by atoms with van der Waals surface area (Å²) in [7, 11) is -1.32. The highest BCUT2D eigenvalue weighted by atomic mass is 32.2. The number of hydrogen-bond donors (Lipinski definition) is 0. The zero-order valence-corrected chi connectivity index (χ0v) is 11.2. The van der Waals surface area contributed by atoms with Gasteiger partial charge in [-0.15, -0.1) is 0 Å². The molecule has 96 valence electrons. The quantitative estimate of drug-likeness (QED) is 0.611. The summed E-state index contributed by atoms with van der Waals surface area (Å²) in [6.45, 7) is 0.655. The molecule has 1 aromatic rings. The Morgan fingerprint density at radius 3 is 2.94 bits per heavy atom. The largest absolute Gasteiger partial charge is 0.313 e. The molecule has 4 nitrogen and oxygen atoms in total. The minimum absolute atomic E-state index is 0.260. The second-order valence-corrected chi connectivity index (χ2v) is 6.71. The molecule has 0 aromatic heterocycles. The van der Waals surface area contributed by atoms with E-state index in [1.807, 2.05) is 18.3 Å². The first-order valence-electron chi connectivity index (χ1n) is 5.98. The fraction of sp³-hybridized carbons (Fsp3) is 0.462. The van der Waals surface area contributed by atoms with E-state index in [9.17, 15) is 8.42 Å². The number of likely N-dealkylation sites (N-methyl/N-ethyl adjacent to an activating group) is 1. The Balaban J connectivity index is 2.21. The summed E-state index contributed by atoms with van der Waals surface area (Å²) < 4.78 is 23.7.